The van der Waals surface area contributed by atoms with Gasteiger partial charge in [-0.05, 0) is 81.3 Å². The van der Waals surface area contributed by atoms with Crippen molar-refractivity contribution in [1.29, 1.82) is 0 Å². The quantitative estimate of drug-likeness (QED) is 0.832. The molecule has 100 valence electrons. The van der Waals surface area contributed by atoms with Crippen LogP contribution in [0.1, 0.15) is 31.2 Å². The second kappa shape index (κ2) is 6.92. The minimum Gasteiger partial charge on any atom is -0.491 e. The molecule has 1 saturated carbocycles. The van der Waals surface area contributed by atoms with Crippen LogP contribution < -0.4 is 10.5 Å². The lowest BCUT2D eigenvalue weighted by Crippen LogP contribution is -2.09. The third kappa shape index (κ3) is 3.72. The van der Waals surface area contributed by atoms with Gasteiger partial charge < -0.3 is 10.5 Å². The van der Waals surface area contributed by atoms with Crippen LogP contribution in [-0.4, -0.2) is 13.2 Å². The Morgan fingerprint density at radius 1 is 1.17 bits per heavy atom. The summed E-state index contributed by atoms with van der Waals surface area (Å²) in [6, 6.07) is 4.20. The number of hydrogen-bond acceptors (Lipinski definition) is 2. The Kier molecular flexibility index (Phi) is 5.52. The maximum absolute atomic E-state index is 5.96. The summed E-state index contributed by atoms with van der Waals surface area (Å²) in [5.74, 6) is 1.65. The SMILES string of the molecule is NCCc1cc(Br)c(OCC2CCCC2)c(Br)c1. The second-order valence-electron chi connectivity index (χ2n) is 4.89. The fourth-order valence-corrected chi connectivity index (χ4v) is 3.95. The van der Waals surface area contributed by atoms with Crippen molar-refractivity contribution in [1.82, 2.24) is 0 Å². The van der Waals surface area contributed by atoms with Crippen LogP contribution >= 0.6 is 31.9 Å². The first-order chi connectivity index (χ1) is 8.70. The zero-order valence-corrected chi connectivity index (χ0v) is 13.6. The van der Waals surface area contributed by atoms with E-state index in [4.69, 9.17) is 10.5 Å². The Bertz CT molecular complexity index is 380. The van der Waals surface area contributed by atoms with Gasteiger partial charge in [0.1, 0.15) is 5.75 Å². The maximum Gasteiger partial charge on any atom is 0.147 e. The molecule has 1 aliphatic carbocycles. The minimum absolute atomic E-state index is 0.668. The highest BCUT2D eigenvalue weighted by Crippen LogP contribution is 2.36. The van der Waals surface area contributed by atoms with E-state index in [1.165, 1.54) is 31.2 Å². The van der Waals surface area contributed by atoms with Gasteiger partial charge in [0.2, 0.25) is 0 Å². The molecular formula is C14H19Br2NO. The Morgan fingerprint density at radius 2 is 1.78 bits per heavy atom. The number of rotatable bonds is 5. The third-order valence-electron chi connectivity index (χ3n) is 3.43. The number of ether oxygens (including phenoxy) is 1. The summed E-state index contributed by atoms with van der Waals surface area (Å²) in [5.41, 5.74) is 6.80. The molecule has 0 heterocycles. The average Bonchev–Trinajstić information content (AvgIpc) is 2.81. The Hall–Kier alpha value is -0.0600. The monoisotopic (exact) mass is 375 g/mol. The summed E-state index contributed by atoms with van der Waals surface area (Å²) in [7, 11) is 0. The topological polar surface area (TPSA) is 35.2 Å². The van der Waals surface area contributed by atoms with Crippen LogP contribution in [0.3, 0.4) is 0 Å². The smallest absolute Gasteiger partial charge is 0.147 e. The number of nitrogens with two attached hydrogens (primary N) is 1. The summed E-state index contributed by atoms with van der Waals surface area (Å²) >= 11 is 7.16. The molecule has 0 radical (unpaired) electrons. The maximum atomic E-state index is 5.96. The molecule has 18 heavy (non-hydrogen) atoms. The standard InChI is InChI=1S/C14H19Br2NO/c15-12-7-11(5-6-17)8-13(16)14(12)18-9-10-3-1-2-4-10/h7-8,10H,1-6,9,17H2. The van der Waals surface area contributed by atoms with E-state index in [2.05, 4.69) is 44.0 Å². The molecule has 0 atom stereocenters. The van der Waals surface area contributed by atoms with Gasteiger partial charge in [0.25, 0.3) is 0 Å². The molecule has 1 aliphatic rings. The fraction of sp³-hybridized carbons (Fsp3) is 0.571. The van der Waals surface area contributed by atoms with Crippen LogP contribution in [0, 0.1) is 5.92 Å². The highest BCUT2D eigenvalue weighted by Gasteiger charge is 2.17. The molecule has 4 heteroatoms. The first-order valence-corrected chi connectivity index (χ1v) is 8.10. The highest BCUT2D eigenvalue weighted by atomic mass is 79.9. The van der Waals surface area contributed by atoms with Crippen LogP contribution in [0.4, 0.5) is 0 Å². The van der Waals surface area contributed by atoms with Gasteiger partial charge in [-0.15, -0.1) is 0 Å². The van der Waals surface area contributed by atoms with Crippen LogP contribution in [0.15, 0.2) is 21.1 Å². The van der Waals surface area contributed by atoms with Crippen LogP contribution in [0.5, 0.6) is 5.75 Å². The van der Waals surface area contributed by atoms with Crippen LogP contribution in [-0.2, 0) is 6.42 Å². The summed E-state index contributed by atoms with van der Waals surface area (Å²) in [6.07, 6.45) is 6.21. The van der Waals surface area contributed by atoms with Crippen molar-refractivity contribution in [3.05, 3.63) is 26.6 Å². The molecule has 1 aromatic rings. The molecule has 0 bridgehead atoms. The van der Waals surface area contributed by atoms with E-state index in [1.54, 1.807) is 0 Å². The lowest BCUT2D eigenvalue weighted by molar-refractivity contribution is 0.249. The highest BCUT2D eigenvalue weighted by molar-refractivity contribution is 9.11. The van der Waals surface area contributed by atoms with Crippen molar-refractivity contribution in [2.75, 3.05) is 13.2 Å². The fourth-order valence-electron chi connectivity index (χ4n) is 2.44. The third-order valence-corrected chi connectivity index (χ3v) is 4.61. The van der Waals surface area contributed by atoms with Gasteiger partial charge in [0, 0.05) is 0 Å². The summed E-state index contributed by atoms with van der Waals surface area (Å²) in [5, 5.41) is 0. The van der Waals surface area contributed by atoms with Gasteiger partial charge in [-0.25, -0.2) is 0 Å². The zero-order chi connectivity index (χ0) is 13.0. The second-order valence-corrected chi connectivity index (χ2v) is 6.60. The number of benzene rings is 1. The first kappa shape index (κ1) is 14.4. The van der Waals surface area contributed by atoms with Gasteiger partial charge in [0.05, 0.1) is 15.6 Å². The van der Waals surface area contributed by atoms with Crippen molar-refractivity contribution in [3.63, 3.8) is 0 Å². The Labute approximate surface area is 126 Å². The molecule has 1 aromatic carbocycles. The van der Waals surface area contributed by atoms with Gasteiger partial charge in [-0.2, -0.15) is 0 Å². The van der Waals surface area contributed by atoms with Crippen molar-refractivity contribution < 1.29 is 4.74 Å². The van der Waals surface area contributed by atoms with E-state index in [-0.39, 0.29) is 0 Å². The molecule has 0 aliphatic heterocycles. The average molecular weight is 377 g/mol. The lowest BCUT2D eigenvalue weighted by atomic mass is 10.1. The van der Waals surface area contributed by atoms with E-state index in [0.717, 1.165) is 33.6 Å². The van der Waals surface area contributed by atoms with Gasteiger partial charge in [-0.1, -0.05) is 12.8 Å². The van der Waals surface area contributed by atoms with Crippen LogP contribution in [0.2, 0.25) is 0 Å². The molecule has 0 spiro atoms. The number of halogens is 2. The predicted octanol–water partition coefficient (Wildman–Crippen LogP) is 4.28. The normalized spacial score (nSPS) is 16.2. The molecule has 2 rings (SSSR count). The van der Waals surface area contributed by atoms with Gasteiger partial charge in [0.15, 0.2) is 0 Å². The predicted molar refractivity (Wildman–Crippen MR) is 82.1 cm³/mol. The molecular weight excluding hydrogens is 358 g/mol. The molecule has 2 nitrogen and oxygen atoms in total. The largest absolute Gasteiger partial charge is 0.491 e. The first-order valence-electron chi connectivity index (χ1n) is 6.51. The van der Waals surface area contributed by atoms with E-state index in [9.17, 15) is 0 Å². The van der Waals surface area contributed by atoms with E-state index >= 15 is 0 Å². The lowest BCUT2D eigenvalue weighted by Gasteiger charge is -2.15. The molecule has 0 amide bonds. The molecule has 2 N–H and O–H groups in total. The summed E-state index contributed by atoms with van der Waals surface area (Å²) < 4.78 is 7.98. The molecule has 1 fully saturated rings. The van der Waals surface area contributed by atoms with Gasteiger partial charge in [-0.3, -0.25) is 0 Å². The van der Waals surface area contributed by atoms with Gasteiger partial charge >= 0.3 is 0 Å². The van der Waals surface area contributed by atoms with Crippen molar-refractivity contribution >= 4 is 31.9 Å². The van der Waals surface area contributed by atoms with Crippen molar-refractivity contribution in [3.8, 4) is 5.75 Å². The Balaban J connectivity index is 2.02. The zero-order valence-electron chi connectivity index (χ0n) is 10.4. The van der Waals surface area contributed by atoms with E-state index < -0.39 is 0 Å². The number of hydrogen-bond donors (Lipinski definition) is 1. The summed E-state index contributed by atoms with van der Waals surface area (Å²) in [4.78, 5) is 0. The minimum atomic E-state index is 0.668. The Morgan fingerprint density at radius 3 is 2.33 bits per heavy atom. The van der Waals surface area contributed by atoms with Crippen LogP contribution in [0.25, 0.3) is 0 Å². The summed E-state index contributed by atoms with van der Waals surface area (Å²) in [6.45, 7) is 1.49. The molecule has 0 aromatic heterocycles. The van der Waals surface area contributed by atoms with Crippen molar-refractivity contribution in [2.24, 2.45) is 11.7 Å². The van der Waals surface area contributed by atoms with E-state index in [0.29, 0.717) is 6.54 Å². The van der Waals surface area contributed by atoms with Crippen molar-refractivity contribution in [2.45, 2.75) is 32.1 Å². The molecule has 0 saturated heterocycles. The van der Waals surface area contributed by atoms with E-state index in [1.807, 2.05) is 0 Å². The molecule has 0 unspecified atom stereocenters.